The number of imidazole rings is 1. The van der Waals surface area contributed by atoms with Crippen molar-refractivity contribution in [1.29, 1.82) is 0 Å². The Morgan fingerprint density at radius 2 is 2.00 bits per heavy atom. The number of aryl methyl sites for hydroxylation is 1. The van der Waals surface area contributed by atoms with Gasteiger partial charge in [-0.05, 0) is 43.2 Å². The van der Waals surface area contributed by atoms with Gasteiger partial charge in [-0.2, -0.15) is 0 Å². The molecule has 7 heteroatoms. The third kappa shape index (κ3) is 4.57. The Balaban J connectivity index is 2.03. The second-order valence-electron chi connectivity index (χ2n) is 8.06. The summed E-state index contributed by atoms with van der Waals surface area (Å²) in [6, 6.07) is 6.58. The quantitative estimate of drug-likeness (QED) is 0.566. The second kappa shape index (κ2) is 9.02. The molecule has 0 spiro atoms. The zero-order valence-corrected chi connectivity index (χ0v) is 18.2. The van der Waals surface area contributed by atoms with E-state index in [1.54, 1.807) is 18.3 Å². The Morgan fingerprint density at radius 3 is 2.53 bits per heavy atom. The molecule has 0 amide bonds. The topological polar surface area (TPSA) is 59.5 Å². The van der Waals surface area contributed by atoms with Crippen LogP contribution in [0.4, 0.5) is 10.2 Å². The molecule has 2 N–H and O–H groups in total. The van der Waals surface area contributed by atoms with Crippen LogP contribution in [0.25, 0.3) is 5.70 Å². The van der Waals surface area contributed by atoms with E-state index in [0.29, 0.717) is 13.1 Å². The summed E-state index contributed by atoms with van der Waals surface area (Å²) < 4.78 is 15.6. The van der Waals surface area contributed by atoms with Crippen molar-refractivity contribution in [3.05, 3.63) is 66.5 Å². The second-order valence-corrected chi connectivity index (χ2v) is 8.06. The number of likely N-dealkylation sites (N-methyl/N-ethyl adjacent to an activating group) is 1. The highest BCUT2D eigenvalue weighted by molar-refractivity contribution is 5.71. The van der Waals surface area contributed by atoms with Crippen LogP contribution in [0.2, 0.25) is 0 Å². The summed E-state index contributed by atoms with van der Waals surface area (Å²) in [5.74, 6) is 7.03. The first kappa shape index (κ1) is 22.1. The molecule has 1 saturated carbocycles. The summed E-state index contributed by atoms with van der Waals surface area (Å²) in [7, 11) is 3.92. The zero-order valence-electron chi connectivity index (χ0n) is 18.2. The van der Waals surface area contributed by atoms with Gasteiger partial charge in [-0.3, -0.25) is 4.84 Å². The molecule has 30 heavy (non-hydrogen) atoms. The fourth-order valence-electron chi connectivity index (χ4n) is 3.62. The lowest BCUT2D eigenvalue weighted by molar-refractivity contribution is 0.0193. The fraction of sp³-hybridized carbons (Fsp3) is 0.435. The van der Waals surface area contributed by atoms with Crippen LogP contribution in [0.1, 0.15) is 43.3 Å². The molecule has 1 aliphatic carbocycles. The van der Waals surface area contributed by atoms with Crippen LogP contribution < -0.4 is 10.8 Å². The standard InChI is InChI=1S/C23H32FN5O/c1-6-8-20-26-22(27(4)7-2)21(17(3)28(5)16-23(30-25)13-14-23)29(20)15-18-9-11-19(24)12-10-18/h7,9-12H,2-3,6,8,13-16,25H2,1,4-5H3. The van der Waals surface area contributed by atoms with Gasteiger partial charge in [0.1, 0.15) is 22.9 Å². The minimum atomic E-state index is -0.295. The lowest BCUT2D eigenvalue weighted by Gasteiger charge is -2.28. The molecule has 2 aromatic rings. The van der Waals surface area contributed by atoms with Crippen LogP contribution >= 0.6 is 0 Å². The van der Waals surface area contributed by atoms with Crippen molar-refractivity contribution < 1.29 is 9.23 Å². The molecular formula is C23H32FN5O. The minimum Gasteiger partial charge on any atom is -0.370 e. The maximum absolute atomic E-state index is 13.4. The van der Waals surface area contributed by atoms with Gasteiger partial charge in [-0.25, -0.2) is 15.3 Å². The molecule has 162 valence electrons. The van der Waals surface area contributed by atoms with Gasteiger partial charge >= 0.3 is 0 Å². The van der Waals surface area contributed by atoms with Crippen molar-refractivity contribution in [1.82, 2.24) is 14.5 Å². The van der Waals surface area contributed by atoms with E-state index in [-0.39, 0.29) is 11.4 Å². The largest absolute Gasteiger partial charge is 0.370 e. The summed E-state index contributed by atoms with van der Waals surface area (Å²) in [6.45, 7) is 11.6. The summed E-state index contributed by atoms with van der Waals surface area (Å²) in [4.78, 5) is 14.1. The van der Waals surface area contributed by atoms with Crippen molar-refractivity contribution in [3.63, 3.8) is 0 Å². The van der Waals surface area contributed by atoms with Gasteiger partial charge < -0.3 is 14.4 Å². The maximum atomic E-state index is 13.4. The summed E-state index contributed by atoms with van der Waals surface area (Å²) >= 11 is 0. The highest BCUT2D eigenvalue weighted by Crippen LogP contribution is 2.40. The summed E-state index contributed by atoms with van der Waals surface area (Å²) in [5.41, 5.74) is 2.45. The van der Waals surface area contributed by atoms with E-state index in [4.69, 9.17) is 15.7 Å². The van der Waals surface area contributed by atoms with Crippen molar-refractivity contribution in [2.24, 2.45) is 5.90 Å². The molecule has 1 heterocycles. The van der Waals surface area contributed by atoms with Gasteiger partial charge in [0.05, 0.1) is 5.70 Å². The first-order valence-corrected chi connectivity index (χ1v) is 10.3. The Morgan fingerprint density at radius 1 is 1.33 bits per heavy atom. The molecular weight excluding hydrogens is 381 g/mol. The number of hydrogen-bond donors (Lipinski definition) is 1. The first-order chi connectivity index (χ1) is 14.3. The smallest absolute Gasteiger partial charge is 0.160 e. The third-order valence-electron chi connectivity index (χ3n) is 5.68. The van der Waals surface area contributed by atoms with Crippen molar-refractivity contribution in [3.8, 4) is 0 Å². The molecule has 0 saturated heterocycles. The number of nitrogens with two attached hydrogens (primary N) is 1. The molecule has 1 aliphatic rings. The maximum Gasteiger partial charge on any atom is 0.160 e. The predicted molar refractivity (Wildman–Crippen MR) is 119 cm³/mol. The van der Waals surface area contributed by atoms with Crippen molar-refractivity contribution in [2.75, 3.05) is 25.5 Å². The van der Waals surface area contributed by atoms with Gasteiger partial charge in [-0.1, -0.05) is 32.2 Å². The number of halogens is 1. The van der Waals surface area contributed by atoms with E-state index in [1.807, 2.05) is 19.0 Å². The molecule has 0 unspecified atom stereocenters. The Labute approximate surface area is 178 Å². The van der Waals surface area contributed by atoms with Crippen molar-refractivity contribution >= 4 is 11.5 Å². The van der Waals surface area contributed by atoms with Gasteiger partial charge in [0.2, 0.25) is 0 Å². The van der Waals surface area contributed by atoms with Gasteiger partial charge in [0, 0.05) is 33.6 Å². The van der Waals surface area contributed by atoms with E-state index in [1.165, 1.54) is 12.1 Å². The molecule has 1 aromatic carbocycles. The average Bonchev–Trinajstić information content (AvgIpc) is 3.43. The number of benzene rings is 1. The summed E-state index contributed by atoms with van der Waals surface area (Å²) in [6.07, 6.45) is 5.41. The van der Waals surface area contributed by atoms with Gasteiger partial charge in [0.15, 0.2) is 5.82 Å². The average molecular weight is 414 g/mol. The normalized spacial score (nSPS) is 14.4. The monoisotopic (exact) mass is 413 g/mol. The number of hydrogen-bond acceptors (Lipinski definition) is 5. The van der Waals surface area contributed by atoms with Gasteiger partial charge in [0.25, 0.3) is 0 Å². The molecule has 0 bridgehead atoms. The lowest BCUT2D eigenvalue weighted by atomic mass is 10.2. The molecule has 1 fully saturated rings. The Bertz CT molecular complexity index is 901. The van der Waals surface area contributed by atoms with Crippen LogP contribution in [0.3, 0.4) is 0 Å². The summed E-state index contributed by atoms with van der Waals surface area (Å²) in [5, 5.41) is 0. The van der Waals surface area contributed by atoms with Crippen LogP contribution in [-0.2, 0) is 17.8 Å². The number of aromatic nitrogens is 2. The van der Waals surface area contributed by atoms with Gasteiger partial charge in [-0.15, -0.1) is 0 Å². The highest BCUT2D eigenvalue weighted by Gasteiger charge is 2.45. The Kier molecular flexibility index (Phi) is 6.63. The molecule has 0 aliphatic heterocycles. The lowest BCUT2D eigenvalue weighted by Crippen LogP contribution is -2.34. The van der Waals surface area contributed by atoms with Crippen LogP contribution in [0.5, 0.6) is 0 Å². The van der Waals surface area contributed by atoms with Crippen LogP contribution in [0.15, 0.2) is 43.6 Å². The Hall–Kier alpha value is -2.64. The zero-order chi connectivity index (χ0) is 21.9. The SMILES string of the molecule is C=CN(C)c1nc(CCC)n(Cc2ccc(F)cc2)c1C(=C)N(C)CC1(ON)CC1. The molecule has 1 aromatic heterocycles. The number of rotatable bonds is 11. The van der Waals surface area contributed by atoms with Crippen molar-refractivity contribution in [2.45, 2.75) is 44.8 Å². The van der Waals surface area contributed by atoms with E-state index in [0.717, 1.165) is 54.3 Å². The number of anilines is 1. The van der Waals surface area contributed by atoms with E-state index < -0.39 is 0 Å². The highest BCUT2D eigenvalue weighted by atomic mass is 19.1. The predicted octanol–water partition coefficient (Wildman–Crippen LogP) is 3.93. The molecule has 6 nitrogen and oxygen atoms in total. The first-order valence-electron chi connectivity index (χ1n) is 10.3. The third-order valence-corrected chi connectivity index (χ3v) is 5.68. The van der Waals surface area contributed by atoms with Crippen LogP contribution in [-0.4, -0.2) is 40.7 Å². The molecule has 0 radical (unpaired) electrons. The molecule has 0 atom stereocenters. The van der Waals surface area contributed by atoms with E-state index in [2.05, 4.69) is 29.5 Å². The number of nitrogens with zero attached hydrogens (tertiary/aromatic N) is 4. The fourth-order valence-corrected chi connectivity index (χ4v) is 3.62. The minimum absolute atomic E-state index is 0.244. The van der Waals surface area contributed by atoms with Crippen LogP contribution in [0, 0.1) is 5.82 Å². The van der Waals surface area contributed by atoms with E-state index in [9.17, 15) is 4.39 Å². The molecule has 3 rings (SSSR count). The van der Waals surface area contributed by atoms with E-state index >= 15 is 0 Å².